The van der Waals surface area contributed by atoms with E-state index in [0.717, 1.165) is 18.4 Å². The van der Waals surface area contributed by atoms with Gasteiger partial charge in [-0.3, -0.25) is 4.79 Å². The quantitative estimate of drug-likeness (QED) is 0.512. The van der Waals surface area contributed by atoms with Crippen molar-refractivity contribution in [2.45, 2.75) is 84.2 Å². The van der Waals surface area contributed by atoms with Crippen LogP contribution in [0.1, 0.15) is 77.3 Å². The first kappa shape index (κ1) is 21.6. The number of carbonyl (C=O) groups is 2. The second-order valence-corrected chi connectivity index (χ2v) is 9.81. The lowest BCUT2D eigenvalue weighted by molar-refractivity contribution is -0.142. The van der Waals surface area contributed by atoms with Crippen molar-refractivity contribution in [1.29, 1.82) is 0 Å². The number of aliphatic hydroxyl groups is 1. The molecule has 2 aliphatic rings. The predicted octanol–water partition coefficient (Wildman–Crippen LogP) is 5.44. The Morgan fingerprint density at radius 1 is 1.14 bits per heavy atom. The maximum Gasteiger partial charge on any atom is 0.346 e. The van der Waals surface area contributed by atoms with Gasteiger partial charge in [-0.25, -0.2) is 4.79 Å². The Kier molecular flexibility index (Phi) is 6.50. The van der Waals surface area contributed by atoms with Crippen molar-refractivity contribution >= 4 is 11.8 Å². The van der Waals surface area contributed by atoms with Crippen molar-refractivity contribution in [3.05, 3.63) is 46.7 Å². The predicted molar refractivity (Wildman–Crippen MR) is 114 cm³/mol. The van der Waals surface area contributed by atoms with E-state index in [1.165, 1.54) is 24.8 Å². The third-order valence-corrected chi connectivity index (χ3v) is 6.34. The molecule has 4 nitrogen and oxygen atoms in total. The first-order valence-electron chi connectivity index (χ1n) is 10.9. The van der Waals surface area contributed by atoms with Gasteiger partial charge in [0, 0.05) is 5.92 Å². The van der Waals surface area contributed by atoms with Crippen LogP contribution in [0.25, 0.3) is 0 Å². The molecule has 1 aromatic rings. The van der Waals surface area contributed by atoms with Crippen LogP contribution >= 0.6 is 0 Å². The highest BCUT2D eigenvalue weighted by atomic mass is 16.6. The number of hydrogen-bond acceptors (Lipinski definition) is 4. The van der Waals surface area contributed by atoms with Gasteiger partial charge in [-0.2, -0.15) is 0 Å². The number of hydrogen-bond donors (Lipinski definition) is 1. The molecule has 1 aromatic carbocycles. The molecule has 1 N–H and O–H groups in total. The highest BCUT2D eigenvalue weighted by Crippen LogP contribution is 2.34. The van der Waals surface area contributed by atoms with Gasteiger partial charge in [0.2, 0.25) is 0 Å². The van der Waals surface area contributed by atoms with Gasteiger partial charge in [-0.1, -0.05) is 84.1 Å². The van der Waals surface area contributed by atoms with Crippen LogP contribution in [0.3, 0.4) is 0 Å². The summed E-state index contributed by atoms with van der Waals surface area (Å²) in [6.45, 7) is 8.30. The van der Waals surface area contributed by atoms with E-state index < -0.39 is 18.0 Å². The van der Waals surface area contributed by atoms with Crippen LogP contribution in [0.5, 0.6) is 0 Å². The number of carbonyl (C=O) groups excluding carboxylic acids is 2. The molecular formula is C25H34O4. The number of cyclic esters (lactones) is 1. The van der Waals surface area contributed by atoms with Crippen molar-refractivity contribution in [1.82, 2.24) is 0 Å². The Hall–Kier alpha value is -2.10. The molecule has 0 saturated heterocycles. The van der Waals surface area contributed by atoms with Gasteiger partial charge in [-0.05, 0) is 35.3 Å². The molecule has 0 bridgehead atoms. The summed E-state index contributed by atoms with van der Waals surface area (Å²) in [6.07, 6.45) is 6.33. The van der Waals surface area contributed by atoms with Gasteiger partial charge in [0.1, 0.15) is 5.57 Å². The lowest BCUT2D eigenvalue weighted by Gasteiger charge is -2.23. The minimum absolute atomic E-state index is 0.0809. The van der Waals surface area contributed by atoms with Gasteiger partial charge in [0.15, 0.2) is 17.6 Å². The van der Waals surface area contributed by atoms with Crippen LogP contribution in [-0.2, 0) is 26.2 Å². The molecule has 3 rings (SSSR count). The number of ketones is 1. The smallest absolute Gasteiger partial charge is 0.346 e. The molecule has 0 amide bonds. The summed E-state index contributed by atoms with van der Waals surface area (Å²) in [7, 11) is 0. The van der Waals surface area contributed by atoms with Crippen LogP contribution in [0.4, 0.5) is 0 Å². The standard InChI is InChI=1S/C25H34O4/c1-16(14-18-10-12-19(13-11-18)25(2,3)4)22(26)21-23(27)20(29-24(21)28)15-17-8-6-5-7-9-17/h10-13,16-17,20,27H,5-9,14-15H2,1-4H3/t16-,20+/m1/s1. The van der Waals surface area contributed by atoms with E-state index in [0.29, 0.717) is 18.8 Å². The second-order valence-electron chi connectivity index (χ2n) is 9.81. The fourth-order valence-corrected chi connectivity index (χ4v) is 4.46. The van der Waals surface area contributed by atoms with Crippen LogP contribution < -0.4 is 0 Å². The molecule has 158 valence electrons. The Morgan fingerprint density at radius 2 is 1.76 bits per heavy atom. The fraction of sp³-hybridized carbons (Fsp3) is 0.600. The molecule has 0 radical (unpaired) electrons. The number of aliphatic hydroxyl groups excluding tert-OH is 1. The topological polar surface area (TPSA) is 63.6 Å². The maximum absolute atomic E-state index is 12.9. The second kappa shape index (κ2) is 8.73. The number of benzene rings is 1. The van der Waals surface area contributed by atoms with Gasteiger partial charge in [0.05, 0.1) is 0 Å². The largest absolute Gasteiger partial charge is 0.507 e. The third-order valence-electron chi connectivity index (χ3n) is 6.34. The van der Waals surface area contributed by atoms with Crippen LogP contribution in [-0.4, -0.2) is 23.0 Å². The summed E-state index contributed by atoms with van der Waals surface area (Å²) < 4.78 is 5.38. The van der Waals surface area contributed by atoms with Crippen molar-refractivity contribution < 1.29 is 19.4 Å². The molecule has 0 unspecified atom stereocenters. The summed E-state index contributed by atoms with van der Waals surface area (Å²) in [5.41, 5.74) is 2.23. The van der Waals surface area contributed by atoms with E-state index in [-0.39, 0.29) is 22.5 Å². The summed E-state index contributed by atoms with van der Waals surface area (Å²) in [4.78, 5) is 25.2. The Labute approximate surface area is 174 Å². The molecule has 0 aromatic heterocycles. The van der Waals surface area contributed by atoms with E-state index in [4.69, 9.17) is 4.74 Å². The van der Waals surface area contributed by atoms with Crippen LogP contribution in [0.2, 0.25) is 0 Å². The molecule has 2 atom stereocenters. The summed E-state index contributed by atoms with van der Waals surface area (Å²) in [6, 6.07) is 8.26. The van der Waals surface area contributed by atoms with E-state index >= 15 is 0 Å². The molecule has 0 spiro atoms. The Bertz CT molecular complexity index is 776. The number of Topliss-reactive ketones (excluding diaryl/α,β-unsaturated/α-hetero) is 1. The van der Waals surface area contributed by atoms with E-state index in [1.54, 1.807) is 0 Å². The molecule has 1 heterocycles. The van der Waals surface area contributed by atoms with Gasteiger partial charge in [-0.15, -0.1) is 0 Å². The minimum atomic E-state index is -0.664. The fourth-order valence-electron chi connectivity index (χ4n) is 4.46. The van der Waals surface area contributed by atoms with Gasteiger partial charge in [0.25, 0.3) is 0 Å². The van der Waals surface area contributed by atoms with Crippen LogP contribution in [0.15, 0.2) is 35.6 Å². The highest BCUT2D eigenvalue weighted by Gasteiger charge is 2.40. The van der Waals surface area contributed by atoms with E-state index in [9.17, 15) is 14.7 Å². The number of esters is 1. The SMILES string of the molecule is C[C@H](Cc1ccc(C(C)(C)C)cc1)C(=O)C1=C(O)[C@H](CC2CCCCC2)OC1=O. The molecule has 1 aliphatic heterocycles. The molecule has 1 fully saturated rings. The van der Waals surface area contributed by atoms with Crippen molar-refractivity contribution in [3.63, 3.8) is 0 Å². The van der Waals surface area contributed by atoms with Crippen molar-refractivity contribution in [2.75, 3.05) is 0 Å². The zero-order chi connectivity index (χ0) is 21.2. The summed E-state index contributed by atoms with van der Waals surface area (Å²) in [5, 5.41) is 10.6. The minimum Gasteiger partial charge on any atom is -0.507 e. The highest BCUT2D eigenvalue weighted by molar-refractivity contribution is 6.19. The molecule has 1 aliphatic carbocycles. The first-order chi connectivity index (χ1) is 13.7. The van der Waals surface area contributed by atoms with Crippen molar-refractivity contribution in [2.24, 2.45) is 11.8 Å². The Balaban J connectivity index is 1.66. The zero-order valence-electron chi connectivity index (χ0n) is 18.2. The normalized spacial score (nSPS) is 21.9. The van der Waals surface area contributed by atoms with Crippen molar-refractivity contribution in [3.8, 4) is 0 Å². The lowest BCUT2D eigenvalue weighted by atomic mass is 9.84. The van der Waals surface area contributed by atoms with E-state index in [2.05, 4.69) is 32.9 Å². The third kappa shape index (κ3) is 5.09. The number of ether oxygens (including phenoxy) is 1. The van der Waals surface area contributed by atoms with Gasteiger partial charge >= 0.3 is 5.97 Å². The molecule has 4 heteroatoms. The van der Waals surface area contributed by atoms with E-state index in [1.807, 2.05) is 19.1 Å². The summed E-state index contributed by atoms with van der Waals surface area (Å²) >= 11 is 0. The molecule has 29 heavy (non-hydrogen) atoms. The average molecular weight is 399 g/mol. The zero-order valence-corrected chi connectivity index (χ0v) is 18.2. The lowest BCUT2D eigenvalue weighted by Crippen LogP contribution is -2.20. The van der Waals surface area contributed by atoms with Gasteiger partial charge < -0.3 is 9.84 Å². The van der Waals surface area contributed by atoms with Crippen LogP contribution in [0, 0.1) is 11.8 Å². The average Bonchev–Trinajstić information content (AvgIpc) is 2.95. The summed E-state index contributed by atoms with van der Waals surface area (Å²) in [5.74, 6) is -1.08. The maximum atomic E-state index is 12.9. The first-order valence-corrected chi connectivity index (χ1v) is 10.9. The monoisotopic (exact) mass is 398 g/mol. The molecule has 1 saturated carbocycles. The Morgan fingerprint density at radius 3 is 2.34 bits per heavy atom. The molecular weight excluding hydrogens is 364 g/mol. The number of rotatable bonds is 6.